The number of rotatable bonds is 3. The van der Waals surface area contributed by atoms with Crippen LogP contribution in [0.15, 0.2) is 23.8 Å². The third-order valence-corrected chi connectivity index (χ3v) is 3.76. The summed E-state index contributed by atoms with van der Waals surface area (Å²) in [6.07, 6.45) is 7.05. The molecule has 0 aromatic heterocycles. The first-order valence-corrected chi connectivity index (χ1v) is 6.39. The lowest BCUT2D eigenvalue weighted by Crippen LogP contribution is -2.40. The first-order valence-electron chi connectivity index (χ1n) is 5.34. The summed E-state index contributed by atoms with van der Waals surface area (Å²) in [5, 5.41) is 6.70. The molecule has 0 aromatic carbocycles. The van der Waals surface area contributed by atoms with Gasteiger partial charge < -0.3 is 5.32 Å². The van der Waals surface area contributed by atoms with Crippen LogP contribution < -0.4 is 10.6 Å². The number of nitrogens with one attached hydrogen (secondary N) is 2. The zero-order valence-corrected chi connectivity index (χ0v) is 9.64. The number of carbonyl (C=O) groups excluding carboxylic acids is 1. The zero-order valence-electron chi connectivity index (χ0n) is 8.82. The van der Waals surface area contributed by atoms with Gasteiger partial charge in [-0.15, -0.1) is 11.8 Å². The van der Waals surface area contributed by atoms with E-state index in [4.69, 9.17) is 0 Å². The van der Waals surface area contributed by atoms with Crippen LogP contribution in [-0.4, -0.2) is 29.6 Å². The molecular formula is C11H16N2OS. The maximum Gasteiger partial charge on any atom is 0.248 e. The van der Waals surface area contributed by atoms with Gasteiger partial charge in [-0.25, -0.2) is 0 Å². The molecule has 1 saturated heterocycles. The first kappa shape index (κ1) is 10.8. The van der Waals surface area contributed by atoms with Crippen LogP contribution in [0.1, 0.15) is 13.3 Å². The molecule has 1 amide bonds. The SMILES string of the molecule is CCCNC(=O)C1=CC=CC2SCNC12. The number of fused-ring (bicyclic) bond motifs is 1. The predicted octanol–water partition coefficient (Wildman–Crippen LogP) is 1.04. The van der Waals surface area contributed by atoms with Gasteiger partial charge in [-0.3, -0.25) is 10.1 Å². The fourth-order valence-corrected chi connectivity index (χ4v) is 2.94. The summed E-state index contributed by atoms with van der Waals surface area (Å²) >= 11 is 1.85. The average molecular weight is 224 g/mol. The first-order chi connectivity index (χ1) is 7.33. The number of thioether (sulfide) groups is 1. The lowest BCUT2D eigenvalue weighted by atomic mass is 9.98. The Hall–Kier alpha value is -0.740. The number of amides is 1. The van der Waals surface area contributed by atoms with Crippen molar-refractivity contribution in [3.05, 3.63) is 23.8 Å². The molecule has 4 heteroatoms. The quantitative estimate of drug-likeness (QED) is 0.752. The summed E-state index contributed by atoms with van der Waals surface area (Å²) in [4.78, 5) is 11.8. The van der Waals surface area contributed by atoms with E-state index in [1.165, 1.54) is 0 Å². The molecule has 2 unspecified atom stereocenters. The molecule has 0 spiro atoms. The van der Waals surface area contributed by atoms with Gasteiger partial charge in [-0.2, -0.15) is 0 Å². The van der Waals surface area contributed by atoms with Crippen molar-refractivity contribution in [2.24, 2.45) is 0 Å². The third kappa shape index (κ3) is 2.26. The molecule has 0 aromatic rings. The average Bonchev–Trinajstić information content (AvgIpc) is 2.73. The van der Waals surface area contributed by atoms with Crippen LogP contribution in [0.25, 0.3) is 0 Å². The summed E-state index contributed by atoms with van der Waals surface area (Å²) in [7, 11) is 0. The summed E-state index contributed by atoms with van der Waals surface area (Å²) in [5.41, 5.74) is 0.876. The maximum atomic E-state index is 11.8. The second kappa shape index (κ2) is 4.86. The van der Waals surface area contributed by atoms with Gasteiger partial charge in [0.15, 0.2) is 0 Å². The largest absolute Gasteiger partial charge is 0.352 e. The van der Waals surface area contributed by atoms with Crippen molar-refractivity contribution in [1.29, 1.82) is 0 Å². The Balaban J connectivity index is 2.04. The molecular weight excluding hydrogens is 208 g/mol. The normalized spacial score (nSPS) is 28.5. The fourth-order valence-electron chi connectivity index (χ4n) is 1.83. The molecule has 15 heavy (non-hydrogen) atoms. The van der Waals surface area contributed by atoms with E-state index in [9.17, 15) is 4.79 Å². The van der Waals surface area contributed by atoms with Gasteiger partial charge in [0.1, 0.15) is 0 Å². The Morgan fingerprint density at radius 1 is 1.73 bits per heavy atom. The van der Waals surface area contributed by atoms with E-state index in [2.05, 4.69) is 23.6 Å². The minimum Gasteiger partial charge on any atom is -0.352 e. The zero-order chi connectivity index (χ0) is 10.7. The molecule has 3 nitrogen and oxygen atoms in total. The van der Waals surface area contributed by atoms with E-state index in [0.717, 1.165) is 24.4 Å². The third-order valence-electron chi connectivity index (χ3n) is 2.62. The molecule has 82 valence electrons. The van der Waals surface area contributed by atoms with Crippen molar-refractivity contribution in [2.45, 2.75) is 24.6 Å². The number of carbonyl (C=O) groups is 1. The summed E-state index contributed by atoms with van der Waals surface area (Å²) in [5.74, 6) is 1.00. The summed E-state index contributed by atoms with van der Waals surface area (Å²) in [6, 6.07) is 0.205. The highest BCUT2D eigenvalue weighted by molar-refractivity contribution is 8.00. The number of hydrogen-bond donors (Lipinski definition) is 2. The molecule has 2 atom stereocenters. The minimum absolute atomic E-state index is 0.0752. The predicted molar refractivity (Wildman–Crippen MR) is 63.7 cm³/mol. The van der Waals surface area contributed by atoms with E-state index in [1.807, 2.05) is 23.9 Å². The van der Waals surface area contributed by atoms with Crippen molar-refractivity contribution >= 4 is 17.7 Å². The van der Waals surface area contributed by atoms with Crippen molar-refractivity contribution < 1.29 is 4.79 Å². The molecule has 2 rings (SSSR count). The molecule has 0 saturated carbocycles. The number of hydrogen-bond acceptors (Lipinski definition) is 3. The molecule has 1 fully saturated rings. The van der Waals surface area contributed by atoms with Crippen LogP contribution in [0, 0.1) is 0 Å². The standard InChI is InChI=1S/C11H16N2OS/c1-2-6-12-11(14)8-4-3-5-9-10(8)13-7-15-9/h3-5,9-10,13H,2,6-7H2,1H3,(H,12,14). The minimum atomic E-state index is 0.0752. The van der Waals surface area contributed by atoms with Gasteiger partial charge in [-0.05, 0) is 6.42 Å². The van der Waals surface area contributed by atoms with Crippen molar-refractivity contribution in [3.63, 3.8) is 0 Å². The fraction of sp³-hybridized carbons (Fsp3) is 0.545. The second-order valence-corrected chi connectivity index (χ2v) is 4.89. The van der Waals surface area contributed by atoms with Crippen LogP contribution in [0.5, 0.6) is 0 Å². The van der Waals surface area contributed by atoms with E-state index in [1.54, 1.807) is 0 Å². The van der Waals surface area contributed by atoms with E-state index in [-0.39, 0.29) is 11.9 Å². The van der Waals surface area contributed by atoms with Gasteiger partial charge in [0.05, 0.1) is 6.04 Å². The van der Waals surface area contributed by atoms with Crippen molar-refractivity contribution in [1.82, 2.24) is 10.6 Å². The summed E-state index contributed by atoms with van der Waals surface area (Å²) < 4.78 is 0. The lowest BCUT2D eigenvalue weighted by molar-refractivity contribution is -0.117. The van der Waals surface area contributed by atoms with Gasteiger partial charge in [0.2, 0.25) is 5.91 Å². The molecule has 2 aliphatic rings. The molecule has 0 radical (unpaired) electrons. The highest BCUT2D eigenvalue weighted by Crippen LogP contribution is 2.29. The molecule has 1 aliphatic heterocycles. The Morgan fingerprint density at radius 2 is 2.60 bits per heavy atom. The monoisotopic (exact) mass is 224 g/mol. The van der Waals surface area contributed by atoms with E-state index >= 15 is 0 Å². The lowest BCUT2D eigenvalue weighted by Gasteiger charge is -2.21. The second-order valence-electron chi connectivity index (χ2n) is 3.72. The Bertz CT molecular complexity index is 312. The Labute approximate surface area is 94.4 Å². The van der Waals surface area contributed by atoms with Gasteiger partial charge in [-0.1, -0.05) is 25.2 Å². The van der Waals surface area contributed by atoms with Crippen LogP contribution in [0.2, 0.25) is 0 Å². The topological polar surface area (TPSA) is 41.1 Å². The highest BCUT2D eigenvalue weighted by Gasteiger charge is 2.32. The summed E-state index contributed by atoms with van der Waals surface area (Å²) in [6.45, 7) is 2.81. The molecule has 1 heterocycles. The smallest absolute Gasteiger partial charge is 0.248 e. The van der Waals surface area contributed by atoms with Crippen LogP contribution in [-0.2, 0) is 4.79 Å². The maximum absolute atomic E-state index is 11.8. The number of allylic oxidation sites excluding steroid dienone is 2. The highest BCUT2D eigenvalue weighted by atomic mass is 32.2. The van der Waals surface area contributed by atoms with Gasteiger partial charge in [0.25, 0.3) is 0 Å². The molecule has 1 aliphatic carbocycles. The van der Waals surface area contributed by atoms with Crippen LogP contribution in [0.3, 0.4) is 0 Å². The van der Waals surface area contributed by atoms with Crippen LogP contribution >= 0.6 is 11.8 Å². The van der Waals surface area contributed by atoms with E-state index < -0.39 is 0 Å². The van der Waals surface area contributed by atoms with Crippen LogP contribution in [0.4, 0.5) is 0 Å². The molecule has 2 N–H and O–H groups in total. The molecule has 0 bridgehead atoms. The van der Waals surface area contributed by atoms with E-state index in [0.29, 0.717) is 5.25 Å². The van der Waals surface area contributed by atoms with Gasteiger partial charge in [0, 0.05) is 23.2 Å². The Kier molecular flexibility index (Phi) is 3.49. The van der Waals surface area contributed by atoms with Crippen molar-refractivity contribution in [3.8, 4) is 0 Å². The Morgan fingerprint density at radius 3 is 3.40 bits per heavy atom. The van der Waals surface area contributed by atoms with Gasteiger partial charge >= 0.3 is 0 Å². The van der Waals surface area contributed by atoms with Crippen molar-refractivity contribution in [2.75, 3.05) is 12.4 Å².